The number of benzene rings is 3. The van der Waals surface area contributed by atoms with E-state index in [4.69, 9.17) is 9.84 Å². The fraction of sp³-hybridized carbons (Fsp3) is 0.150. The number of fused-ring (bicyclic) bond motifs is 1. The molecule has 0 saturated heterocycles. The maximum atomic E-state index is 12.9. The lowest BCUT2D eigenvalue weighted by Crippen LogP contribution is -2.13. The molecular weight excluding hydrogens is 478 g/mol. The molecule has 0 aliphatic heterocycles. The predicted molar refractivity (Wildman–Crippen MR) is 118 cm³/mol. The van der Waals surface area contributed by atoms with Crippen molar-refractivity contribution in [2.24, 2.45) is 0 Å². The van der Waals surface area contributed by atoms with Crippen molar-refractivity contribution in [2.45, 2.75) is 16.2 Å². The van der Waals surface area contributed by atoms with Gasteiger partial charge >= 0.3 is 5.97 Å². The molecule has 0 aliphatic carbocycles. The number of carbonyl (C=O) groups is 1. The van der Waals surface area contributed by atoms with Gasteiger partial charge in [0.25, 0.3) is 10.0 Å². The number of methoxy groups -OCH3 is 1. The zero-order valence-corrected chi connectivity index (χ0v) is 18.6. The first-order valence-electron chi connectivity index (χ1n) is 8.54. The van der Waals surface area contributed by atoms with Crippen molar-refractivity contribution in [1.29, 1.82) is 0 Å². The van der Waals surface area contributed by atoms with E-state index in [0.29, 0.717) is 27.5 Å². The van der Waals surface area contributed by atoms with Crippen LogP contribution in [0.15, 0.2) is 68.9 Å². The van der Waals surface area contributed by atoms with E-state index in [1.54, 1.807) is 18.2 Å². The Morgan fingerprint density at radius 3 is 2.41 bits per heavy atom. The van der Waals surface area contributed by atoms with Gasteiger partial charge in [-0.25, -0.2) is 8.42 Å². The summed E-state index contributed by atoms with van der Waals surface area (Å²) in [6.07, 6.45) is -0.0133. The van der Waals surface area contributed by atoms with E-state index in [0.717, 1.165) is 9.86 Å². The van der Waals surface area contributed by atoms with Gasteiger partial charge in [-0.1, -0.05) is 40.2 Å². The SMILES string of the molecule is COc1c(SCCC(=O)O)cc(NS(=O)(=O)c2ccc(Br)cc2)c2ccccc12. The van der Waals surface area contributed by atoms with Crippen molar-refractivity contribution < 1.29 is 23.1 Å². The zero-order chi connectivity index (χ0) is 21.0. The van der Waals surface area contributed by atoms with Gasteiger partial charge in [0.05, 0.1) is 29.0 Å². The summed E-state index contributed by atoms with van der Waals surface area (Å²) in [4.78, 5) is 11.7. The van der Waals surface area contributed by atoms with Crippen LogP contribution in [0, 0.1) is 0 Å². The molecule has 3 rings (SSSR count). The Morgan fingerprint density at radius 1 is 1.14 bits per heavy atom. The fourth-order valence-electron chi connectivity index (χ4n) is 2.79. The van der Waals surface area contributed by atoms with Crippen LogP contribution >= 0.6 is 27.7 Å². The van der Waals surface area contributed by atoms with Gasteiger partial charge in [0, 0.05) is 21.0 Å². The molecule has 3 aromatic carbocycles. The largest absolute Gasteiger partial charge is 0.495 e. The van der Waals surface area contributed by atoms with Gasteiger partial charge in [0.15, 0.2) is 0 Å². The highest BCUT2D eigenvalue weighted by molar-refractivity contribution is 9.10. The van der Waals surface area contributed by atoms with Crippen LogP contribution in [-0.4, -0.2) is 32.4 Å². The molecule has 2 N–H and O–H groups in total. The van der Waals surface area contributed by atoms with Crippen LogP contribution < -0.4 is 9.46 Å². The number of rotatable bonds is 8. The highest BCUT2D eigenvalue weighted by atomic mass is 79.9. The van der Waals surface area contributed by atoms with Crippen molar-refractivity contribution in [1.82, 2.24) is 0 Å². The number of sulfonamides is 1. The Labute approximate surface area is 181 Å². The van der Waals surface area contributed by atoms with E-state index in [2.05, 4.69) is 20.7 Å². The first-order chi connectivity index (χ1) is 13.8. The summed E-state index contributed by atoms with van der Waals surface area (Å²) in [7, 11) is -2.27. The molecule has 0 bridgehead atoms. The molecule has 0 amide bonds. The highest BCUT2D eigenvalue weighted by Gasteiger charge is 2.19. The molecule has 0 fully saturated rings. The third kappa shape index (κ3) is 5.04. The maximum absolute atomic E-state index is 12.9. The van der Waals surface area contributed by atoms with Crippen LogP contribution in [0.3, 0.4) is 0 Å². The van der Waals surface area contributed by atoms with E-state index in [1.165, 1.54) is 31.0 Å². The molecule has 0 unspecified atom stereocenters. The molecule has 0 radical (unpaired) electrons. The molecule has 9 heteroatoms. The normalized spacial score (nSPS) is 11.4. The van der Waals surface area contributed by atoms with Crippen LogP contribution in [0.4, 0.5) is 5.69 Å². The Hall–Kier alpha value is -2.23. The third-order valence-electron chi connectivity index (χ3n) is 4.11. The molecule has 3 aromatic rings. The average Bonchev–Trinajstić information content (AvgIpc) is 2.68. The summed E-state index contributed by atoms with van der Waals surface area (Å²) in [6.45, 7) is 0. The van der Waals surface area contributed by atoms with Crippen molar-refractivity contribution in [3.05, 3.63) is 59.1 Å². The number of halogens is 1. The van der Waals surface area contributed by atoms with Crippen LogP contribution in [-0.2, 0) is 14.8 Å². The summed E-state index contributed by atoms with van der Waals surface area (Å²) in [5.74, 6) is 0.0270. The molecule has 6 nitrogen and oxygen atoms in total. The summed E-state index contributed by atoms with van der Waals surface area (Å²) in [5, 5.41) is 10.3. The van der Waals surface area contributed by atoms with Crippen LogP contribution in [0.25, 0.3) is 10.8 Å². The Balaban J connectivity index is 2.06. The van der Waals surface area contributed by atoms with Crippen LogP contribution in [0.1, 0.15) is 6.42 Å². The lowest BCUT2D eigenvalue weighted by molar-refractivity contribution is -0.136. The van der Waals surface area contributed by atoms with Gasteiger partial charge in [0.2, 0.25) is 0 Å². The Morgan fingerprint density at radius 2 is 1.79 bits per heavy atom. The van der Waals surface area contributed by atoms with Crippen molar-refractivity contribution in [3.63, 3.8) is 0 Å². The van der Waals surface area contributed by atoms with Gasteiger partial charge in [0.1, 0.15) is 5.75 Å². The Kier molecular flexibility index (Phi) is 6.71. The van der Waals surface area contributed by atoms with Gasteiger partial charge in [-0.3, -0.25) is 9.52 Å². The molecule has 0 atom stereocenters. The fourth-order valence-corrected chi connectivity index (χ4v) is 5.15. The minimum absolute atomic E-state index is 0.0133. The molecule has 0 heterocycles. The second-order valence-corrected chi connectivity index (χ2v) is 9.79. The minimum Gasteiger partial charge on any atom is -0.495 e. The number of hydrogen-bond donors (Lipinski definition) is 2. The predicted octanol–water partition coefficient (Wildman–Crippen LogP) is 4.98. The van der Waals surface area contributed by atoms with Gasteiger partial charge in [-0.15, -0.1) is 11.8 Å². The van der Waals surface area contributed by atoms with E-state index in [9.17, 15) is 13.2 Å². The average molecular weight is 496 g/mol. The highest BCUT2D eigenvalue weighted by Crippen LogP contribution is 2.41. The van der Waals surface area contributed by atoms with Crippen molar-refractivity contribution in [2.75, 3.05) is 17.6 Å². The van der Waals surface area contributed by atoms with Gasteiger partial charge < -0.3 is 9.84 Å². The second-order valence-electron chi connectivity index (χ2n) is 6.05. The molecule has 0 aromatic heterocycles. The number of anilines is 1. The van der Waals surface area contributed by atoms with Gasteiger partial charge in [-0.05, 0) is 30.3 Å². The number of thioether (sulfide) groups is 1. The van der Waals surface area contributed by atoms with Crippen LogP contribution in [0.5, 0.6) is 5.75 Å². The maximum Gasteiger partial charge on any atom is 0.304 e. The number of aliphatic carboxylic acids is 1. The number of carboxylic acid groups (broad SMARTS) is 1. The quantitative estimate of drug-likeness (QED) is 0.428. The summed E-state index contributed by atoms with van der Waals surface area (Å²) in [6, 6.07) is 15.3. The summed E-state index contributed by atoms with van der Waals surface area (Å²) < 4.78 is 34.8. The number of nitrogens with one attached hydrogen (secondary N) is 1. The van der Waals surface area contributed by atoms with Crippen LogP contribution in [0.2, 0.25) is 0 Å². The number of carboxylic acids is 1. The monoisotopic (exact) mass is 495 g/mol. The van der Waals surface area contributed by atoms with Gasteiger partial charge in [-0.2, -0.15) is 0 Å². The Bertz CT molecular complexity index is 1150. The zero-order valence-electron chi connectivity index (χ0n) is 15.4. The second kappa shape index (κ2) is 9.06. The molecular formula is C20H18BrNO5S2. The van der Waals surface area contributed by atoms with Crippen molar-refractivity contribution in [3.8, 4) is 5.75 Å². The molecule has 0 saturated carbocycles. The smallest absolute Gasteiger partial charge is 0.304 e. The molecule has 0 aliphatic rings. The molecule has 0 spiro atoms. The minimum atomic E-state index is -3.81. The van der Waals surface area contributed by atoms with E-state index >= 15 is 0 Å². The first kappa shape index (κ1) is 21.5. The summed E-state index contributed by atoms with van der Waals surface area (Å²) in [5.41, 5.74) is 0.405. The van der Waals surface area contributed by atoms with E-state index in [1.807, 2.05) is 24.3 Å². The van der Waals surface area contributed by atoms with Crippen molar-refractivity contribution >= 4 is 60.1 Å². The third-order valence-corrected chi connectivity index (χ3v) is 7.04. The van der Waals surface area contributed by atoms with E-state index in [-0.39, 0.29) is 11.3 Å². The molecule has 29 heavy (non-hydrogen) atoms. The lowest BCUT2D eigenvalue weighted by Gasteiger charge is -2.16. The number of ether oxygens (including phenoxy) is 1. The number of hydrogen-bond acceptors (Lipinski definition) is 5. The van der Waals surface area contributed by atoms with E-state index < -0.39 is 16.0 Å². The topological polar surface area (TPSA) is 92.7 Å². The summed E-state index contributed by atoms with van der Waals surface area (Å²) >= 11 is 4.60. The standard InChI is InChI=1S/C20H18BrNO5S2/c1-27-20-16-5-3-2-4-15(16)17(12-18(20)28-11-10-19(23)24)22-29(25,26)14-8-6-13(21)7-9-14/h2-9,12,22H,10-11H2,1H3,(H,23,24). The molecule has 152 valence electrons. The lowest BCUT2D eigenvalue weighted by atomic mass is 10.1. The first-order valence-corrected chi connectivity index (χ1v) is 11.8.